The molecule has 1 saturated heterocycles. The minimum Gasteiger partial charge on any atom is -0.459 e. The number of halogens is 1. The summed E-state index contributed by atoms with van der Waals surface area (Å²) < 4.78 is 45.9. The second-order valence-electron chi connectivity index (χ2n) is 8.29. The zero-order chi connectivity index (χ0) is 25.9. The molecule has 188 valence electrons. The van der Waals surface area contributed by atoms with Crippen molar-refractivity contribution < 1.29 is 31.6 Å². The average molecular weight is 514 g/mol. The van der Waals surface area contributed by atoms with Crippen molar-refractivity contribution in [3.63, 3.8) is 0 Å². The molecule has 2 heterocycles. The van der Waals surface area contributed by atoms with E-state index in [0.29, 0.717) is 0 Å². The highest BCUT2D eigenvalue weighted by molar-refractivity contribution is 7.92. The maximum atomic E-state index is 14.0. The second-order valence-corrected chi connectivity index (χ2v) is 10.3. The Bertz CT molecular complexity index is 1370. The number of piperazine rings is 1. The molecular weight excluding hydrogens is 489 g/mol. The molecule has 0 radical (unpaired) electrons. The van der Waals surface area contributed by atoms with Crippen LogP contribution >= 0.6 is 0 Å². The predicted octanol–water partition coefficient (Wildman–Crippen LogP) is 2.24. The molecule has 3 amide bonds. The van der Waals surface area contributed by atoms with Gasteiger partial charge in [-0.25, -0.2) is 12.8 Å². The lowest BCUT2D eigenvalue weighted by Crippen LogP contribution is -2.57. The Labute approximate surface area is 207 Å². The van der Waals surface area contributed by atoms with Gasteiger partial charge in [-0.15, -0.1) is 0 Å². The minimum absolute atomic E-state index is 0.00949. The summed E-state index contributed by atoms with van der Waals surface area (Å²) in [4.78, 5) is 41.3. The Kier molecular flexibility index (Phi) is 7.20. The smallest absolute Gasteiger partial charge is 0.288 e. The van der Waals surface area contributed by atoms with E-state index < -0.39 is 38.7 Å². The van der Waals surface area contributed by atoms with Crippen molar-refractivity contribution in [2.24, 2.45) is 0 Å². The van der Waals surface area contributed by atoms with Crippen LogP contribution < -0.4 is 5.32 Å². The van der Waals surface area contributed by atoms with Crippen molar-refractivity contribution in [3.8, 4) is 0 Å². The quantitative estimate of drug-likeness (QED) is 0.540. The first-order valence-electron chi connectivity index (χ1n) is 11.2. The number of carbonyl (C=O) groups is 3. The van der Waals surface area contributed by atoms with E-state index in [1.165, 1.54) is 58.5 Å². The van der Waals surface area contributed by atoms with Crippen LogP contribution in [0.4, 0.5) is 4.39 Å². The molecule has 0 aliphatic carbocycles. The van der Waals surface area contributed by atoms with Crippen molar-refractivity contribution in [2.45, 2.75) is 17.2 Å². The largest absolute Gasteiger partial charge is 0.459 e. The van der Waals surface area contributed by atoms with Crippen LogP contribution in [0.5, 0.6) is 0 Å². The molecule has 3 aromatic rings. The molecule has 1 aliphatic heterocycles. The third-order valence-electron chi connectivity index (χ3n) is 5.87. The lowest BCUT2D eigenvalue weighted by Gasteiger charge is -2.36. The first-order valence-corrected chi connectivity index (χ1v) is 12.7. The number of nitrogens with one attached hydrogen (secondary N) is 1. The van der Waals surface area contributed by atoms with Crippen LogP contribution in [0.3, 0.4) is 0 Å². The van der Waals surface area contributed by atoms with E-state index in [4.69, 9.17) is 4.42 Å². The topological polar surface area (TPSA) is 117 Å². The van der Waals surface area contributed by atoms with Crippen molar-refractivity contribution in [1.82, 2.24) is 15.1 Å². The third-order valence-corrected chi connectivity index (χ3v) is 7.74. The first kappa shape index (κ1) is 25.1. The molecular formula is C25H24FN3O6S. The van der Waals surface area contributed by atoms with Gasteiger partial charge in [-0.2, -0.15) is 0 Å². The van der Waals surface area contributed by atoms with Gasteiger partial charge < -0.3 is 19.5 Å². The highest BCUT2D eigenvalue weighted by Crippen LogP contribution is 2.20. The van der Waals surface area contributed by atoms with Gasteiger partial charge in [-0.1, -0.05) is 29.8 Å². The first-order chi connectivity index (χ1) is 17.2. The van der Waals surface area contributed by atoms with Crippen LogP contribution in [0.2, 0.25) is 0 Å². The number of rotatable bonds is 6. The Morgan fingerprint density at radius 1 is 0.917 bits per heavy atom. The zero-order valence-corrected chi connectivity index (χ0v) is 20.2. The molecule has 0 spiro atoms. The Hall–Kier alpha value is -3.99. The lowest BCUT2D eigenvalue weighted by atomic mass is 10.1. The SMILES string of the molecule is Cc1ccc(S(=O)(=O)[C@H](NC(=O)c2ccco2)C(=O)N2CCN(C(=O)c3ccccc3F)CC2)cc1. The molecule has 4 rings (SSSR count). The molecule has 36 heavy (non-hydrogen) atoms. The van der Waals surface area contributed by atoms with E-state index in [2.05, 4.69) is 5.32 Å². The zero-order valence-electron chi connectivity index (χ0n) is 19.4. The number of carbonyl (C=O) groups excluding carboxylic acids is 3. The molecule has 1 fully saturated rings. The van der Waals surface area contributed by atoms with E-state index in [1.807, 2.05) is 0 Å². The van der Waals surface area contributed by atoms with Gasteiger partial charge >= 0.3 is 0 Å². The number of benzene rings is 2. The Balaban J connectivity index is 1.54. The maximum absolute atomic E-state index is 14.0. The van der Waals surface area contributed by atoms with Crippen molar-refractivity contribution in [3.05, 3.63) is 89.6 Å². The number of hydrogen-bond donors (Lipinski definition) is 1. The molecule has 0 unspecified atom stereocenters. The van der Waals surface area contributed by atoms with Gasteiger partial charge in [0.15, 0.2) is 5.76 Å². The van der Waals surface area contributed by atoms with Gasteiger partial charge in [0, 0.05) is 26.2 Å². The summed E-state index contributed by atoms with van der Waals surface area (Å²) in [6, 6.07) is 14.3. The fourth-order valence-electron chi connectivity index (χ4n) is 3.83. The number of hydrogen-bond acceptors (Lipinski definition) is 6. The summed E-state index contributed by atoms with van der Waals surface area (Å²) in [6.45, 7) is 1.95. The second kappa shape index (κ2) is 10.3. The molecule has 1 N–H and O–H groups in total. The van der Waals surface area contributed by atoms with Gasteiger partial charge in [-0.3, -0.25) is 14.4 Å². The standard InChI is InChI=1S/C25H24FN3O6S/c1-17-8-10-18(11-9-17)36(33,34)23(27-22(30)21-7-4-16-35-21)25(32)29-14-12-28(13-15-29)24(31)19-5-2-3-6-20(19)26/h2-11,16,23H,12-15H2,1H3,(H,27,30)/t23-/m0/s1. The van der Waals surface area contributed by atoms with Crippen molar-refractivity contribution in [1.29, 1.82) is 0 Å². The van der Waals surface area contributed by atoms with Gasteiger partial charge in [0.2, 0.25) is 15.2 Å². The Morgan fingerprint density at radius 3 is 2.17 bits per heavy atom. The monoisotopic (exact) mass is 513 g/mol. The van der Waals surface area contributed by atoms with E-state index in [1.54, 1.807) is 25.1 Å². The predicted molar refractivity (Wildman–Crippen MR) is 127 cm³/mol. The van der Waals surface area contributed by atoms with Crippen LogP contribution in [0.15, 0.2) is 76.2 Å². The van der Waals surface area contributed by atoms with E-state index in [-0.39, 0.29) is 42.4 Å². The Morgan fingerprint density at radius 2 is 1.56 bits per heavy atom. The molecule has 0 saturated carbocycles. The maximum Gasteiger partial charge on any atom is 0.288 e. The fraction of sp³-hybridized carbons (Fsp3) is 0.240. The van der Waals surface area contributed by atoms with E-state index >= 15 is 0 Å². The molecule has 1 aromatic heterocycles. The number of sulfone groups is 1. The van der Waals surface area contributed by atoms with Crippen LogP contribution in [0.1, 0.15) is 26.5 Å². The summed E-state index contributed by atoms with van der Waals surface area (Å²) in [6.07, 6.45) is 1.26. The summed E-state index contributed by atoms with van der Waals surface area (Å²) in [5.74, 6) is -3.01. The number of aryl methyl sites for hydroxylation is 1. The summed E-state index contributed by atoms with van der Waals surface area (Å²) in [5.41, 5.74) is 0.745. The van der Waals surface area contributed by atoms with Crippen LogP contribution in [0, 0.1) is 12.7 Å². The summed E-state index contributed by atoms with van der Waals surface area (Å²) in [7, 11) is -4.33. The van der Waals surface area contributed by atoms with Crippen LogP contribution in [0.25, 0.3) is 0 Å². The van der Waals surface area contributed by atoms with E-state index in [0.717, 1.165) is 5.56 Å². The molecule has 11 heteroatoms. The highest BCUT2D eigenvalue weighted by Gasteiger charge is 2.40. The fourth-order valence-corrected chi connectivity index (χ4v) is 5.30. The highest BCUT2D eigenvalue weighted by atomic mass is 32.2. The lowest BCUT2D eigenvalue weighted by molar-refractivity contribution is -0.132. The number of furan rings is 1. The molecule has 9 nitrogen and oxygen atoms in total. The number of amides is 3. The van der Waals surface area contributed by atoms with Gasteiger partial charge in [0.1, 0.15) is 5.82 Å². The van der Waals surface area contributed by atoms with Crippen molar-refractivity contribution >= 4 is 27.6 Å². The van der Waals surface area contributed by atoms with Crippen LogP contribution in [-0.4, -0.2) is 67.5 Å². The van der Waals surface area contributed by atoms with Gasteiger partial charge in [0.05, 0.1) is 16.7 Å². The van der Waals surface area contributed by atoms with Crippen molar-refractivity contribution in [2.75, 3.05) is 26.2 Å². The third kappa shape index (κ3) is 5.15. The average Bonchev–Trinajstić information content (AvgIpc) is 3.42. The van der Waals surface area contributed by atoms with Gasteiger partial charge in [-0.05, 0) is 43.3 Å². The molecule has 1 aliphatic rings. The molecule has 1 atom stereocenters. The molecule has 0 bridgehead atoms. The molecule has 2 aromatic carbocycles. The normalized spacial score (nSPS) is 14.8. The minimum atomic E-state index is -4.33. The number of nitrogens with zero attached hydrogens (tertiary/aromatic N) is 2. The summed E-state index contributed by atoms with van der Waals surface area (Å²) >= 11 is 0. The van der Waals surface area contributed by atoms with Gasteiger partial charge in [0.25, 0.3) is 17.7 Å². The summed E-state index contributed by atoms with van der Waals surface area (Å²) in [5, 5.41) is 0.385. The van der Waals surface area contributed by atoms with E-state index in [9.17, 15) is 27.2 Å². The van der Waals surface area contributed by atoms with Crippen LogP contribution in [-0.2, 0) is 14.6 Å².